The van der Waals surface area contributed by atoms with Crippen molar-refractivity contribution in [1.82, 2.24) is 5.32 Å². The van der Waals surface area contributed by atoms with Crippen LogP contribution in [0.25, 0.3) is 0 Å². The Morgan fingerprint density at radius 1 is 1.06 bits per heavy atom. The number of carbonyl (C=O) groups excluding carboxylic acids is 1. The fourth-order valence-electron chi connectivity index (χ4n) is 3.21. The predicted octanol–water partition coefficient (Wildman–Crippen LogP) is 3.40. The van der Waals surface area contributed by atoms with Crippen molar-refractivity contribution >= 4 is 21.6 Å². The zero-order valence-corrected chi connectivity index (χ0v) is 18.8. The molecule has 0 saturated heterocycles. The number of nitrogens with one attached hydrogen (secondary N) is 1. The molecule has 0 aliphatic heterocycles. The average Bonchev–Trinajstić information content (AvgIpc) is 2.72. The molecule has 1 amide bonds. The monoisotopic (exact) mass is 456 g/mol. The third kappa shape index (κ3) is 5.63. The Morgan fingerprint density at radius 2 is 1.71 bits per heavy atom. The largest absolute Gasteiger partial charge is 0.493 e. The van der Waals surface area contributed by atoms with E-state index in [9.17, 15) is 22.0 Å². The maximum atomic E-state index is 13.7. The smallest absolute Gasteiger partial charge is 0.244 e. The quantitative estimate of drug-likeness (QED) is 0.625. The summed E-state index contributed by atoms with van der Waals surface area (Å²) in [6.07, 6.45) is 1.40. The number of nitrogens with zero attached hydrogens (tertiary/aromatic N) is 1. The average molecular weight is 457 g/mol. The summed E-state index contributed by atoms with van der Waals surface area (Å²) in [5.41, 5.74) is 0.586. The summed E-state index contributed by atoms with van der Waals surface area (Å²) in [6.45, 7) is 3.23. The highest BCUT2D eigenvalue weighted by Crippen LogP contribution is 2.31. The van der Waals surface area contributed by atoms with Gasteiger partial charge in [0.2, 0.25) is 15.9 Å². The highest BCUT2D eigenvalue weighted by Gasteiger charge is 2.31. The second kappa shape index (κ2) is 9.95. The van der Waals surface area contributed by atoms with Gasteiger partial charge in [-0.3, -0.25) is 9.10 Å². The van der Waals surface area contributed by atoms with Crippen molar-refractivity contribution in [1.29, 1.82) is 0 Å². The number of carbonyl (C=O) groups is 1. The Hall–Kier alpha value is -2.88. The molecule has 0 aromatic heterocycles. The van der Waals surface area contributed by atoms with Crippen LogP contribution in [-0.4, -0.2) is 40.8 Å². The zero-order valence-electron chi connectivity index (χ0n) is 18.0. The Labute approximate surface area is 181 Å². The number of anilines is 1. The molecule has 0 radical (unpaired) electrons. The van der Waals surface area contributed by atoms with Gasteiger partial charge in [-0.25, -0.2) is 17.2 Å². The fourth-order valence-corrected chi connectivity index (χ4v) is 4.38. The molecule has 0 bridgehead atoms. The lowest BCUT2D eigenvalue weighted by molar-refractivity contribution is -0.122. The number of methoxy groups -OCH3 is 2. The molecule has 31 heavy (non-hydrogen) atoms. The number of hydrogen-bond donors (Lipinski definition) is 1. The first-order valence-electron chi connectivity index (χ1n) is 9.50. The standard InChI is InChI=1S/C21H26F2N2O5S/c1-6-18(14-7-10-19(29-3)20(11-14)30-4)24-21(26)13(2)25(31(5,27)28)15-8-9-16(22)17(23)12-15/h7-13,18H,6H2,1-5H3,(H,24,26)/t13-,18+/m1/s1. The van der Waals surface area contributed by atoms with Gasteiger partial charge >= 0.3 is 0 Å². The van der Waals surface area contributed by atoms with Gasteiger partial charge in [0.05, 0.1) is 32.2 Å². The molecule has 170 valence electrons. The Kier molecular flexibility index (Phi) is 7.83. The first-order valence-corrected chi connectivity index (χ1v) is 11.3. The van der Waals surface area contributed by atoms with E-state index in [4.69, 9.17) is 9.47 Å². The lowest BCUT2D eigenvalue weighted by atomic mass is 10.0. The van der Waals surface area contributed by atoms with Crippen molar-refractivity contribution < 1.29 is 31.5 Å². The number of hydrogen-bond acceptors (Lipinski definition) is 5. The lowest BCUT2D eigenvalue weighted by Gasteiger charge is -2.30. The van der Waals surface area contributed by atoms with Crippen LogP contribution in [0.3, 0.4) is 0 Å². The molecule has 2 aromatic carbocycles. The Balaban J connectivity index is 2.33. The van der Waals surface area contributed by atoms with Crippen LogP contribution in [0, 0.1) is 11.6 Å². The fraction of sp³-hybridized carbons (Fsp3) is 0.381. The number of ether oxygens (including phenoxy) is 2. The minimum Gasteiger partial charge on any atom is -0.493 e. The minimum atomic E-state index is -3.97. The normalized spacial score (nSPS) is 13.3. The molecule has 0 spiro atoms. The Bertz CT molecular complexity index is 1050. The molecule has 0 aliphatic rings. The third-order valence-electron chi connectivity index (χ3n) is 4.78. The van der Waals surface area contributed by atoms with Gasteiger partial charge in [0.25, 0.3) is 0 Å². The second-order valence-electron chi connectivity index (χ2n) is 6.92. The molecular weight excluding hydrogens is 430 g/mol. The maximum Gasteiger partial charge on any atom is 0.244 e. The van der Waals surface area contributed by atoms with Crippen LogP contribution in [-0.2, 0) is 14.8 Å². The van der Waals surface area contributed by atoms with Gasteiger partial charge in [-0.05, 0) is 43.2 Å². The lowest BCUT2D eigenvalue weighted by Crippen LogP contribution is -2.48. The van der Waals surface area contributed by atoms with E-state index in [0.29, 0.717) is 17.9 Å². The molecule has 0 fully saturated rings. The number of halogens is 2. The molecule has 0 aliphatic carbocycles. The van der Waals surface area contributed by atoms with E-state index in [1.807, 2.05) is 6.92 Å². The molecule has 10 heteroatoms. The summed E-state index contributed by atoms with van der Waals surface area (Å²) in [5, 5.41) is 2.81. The number of benzene rings is 2. The molecule has 2 rings (SSSR count). The van der Waals surface area contributed by atoms with E-state index in [2.05, 4.69) is 5.32 Å². The summed E-state index contributed by atoms with van der Waals surface area (Å²) >= 11 is 0. The molecule has 2 aromatic rings. The number of rotatable bonds is 9. The maximum absolute atomic E-state index is 13.7. The topological polar surface area (TPSA) is 84.9 Å². The van der Waals surface area contributed by atoms with Gasteiger partial charge in [-0.15, -0.1) is 0 Å². The van der Waals surface area contributed by atoms with Gasteiger partial charge in [-0.2, -0.15) is 0 Å². The van der Waals surface area contributed by atoms with Crippen molar-refractivity contribution in [2.24, 2.45) is 0 Å². The van der Waals surface area contributed by atoms with Crippen LogP contribution in [0.5, 0.6) is 11.5 Å². The third-order valence-corrected chi connectivity index (χ3v) is 6.02. The molecule has 7 nitrogen and oxygen atoms in total. The van der Waals surface area contributed by atoms with Crippen molar-refractivity contribution in [2.75, 3.05) is 24.8 Å². The van der Waals surface area contributed by atoms with E-state index in [1.54, 1.807) is 18.2 Å². The molecule has 0 heterocycles. The first kappa shape index (κ1) is 24.4. The van der Waals surface area contributed by atoms with Gasteiger partial charge in [0, 0.05) is 6.07 Å². The summed E-state index contributed by atoms with van der Waals surface area (Å²) < 4.78 is 63.0. The van der Waals surface area contributed by atoms with Crippen LogP contribution >= 0.6 is 0 Å². The van der Waals surface area contributed by atoms with Crippen LogP contribution < -0.4 is 19.1 Å². The SMILES string of the molecule is CC[C@H](NC(=O)[C@@H](C)N(c1ccc(F)c(F)c1)S(C)(=O)=O)c1ccc(OC)c(OC)c1. The highest BCUT2D eigenvalue weighted by molar-refractivity contribution is 7.92. The van der Waals surface area contributed by atoms with Crippen LogP contribution in [0.1, 0.15) is 31.9 Å². The molecular formula is C21H26F2N2O5S. The van der Waals surface area contributed by atoms with E-state index in [1.165, 1.54) is 21.1 Å². The van der Waals surface area contributed by atoms with Crippen molar-refractivity contribution in [3.05, 3.63) is 53.6 Å². The summed E-state index contributed by atoms with van der Waals surface area (Å²) in [4.78, 5) is 12.9. The molecule has 0 saturated carbocycles. The molecule has 1 N–H and O–H groups in total. The predicted molar refractivity (Wildman–Crippen MR) is 114 cm³/mol. The minimum absolute atomic E-state index is 0.150. The molecule has 0 unspecified atom stereocenters. The summed E-state index contributed by atoms with van der Waals surface area (Å²) in [6, 6.07) is 6.20. The van der Waals surface area contributed by atoms with Gasteiger partial charge in [-0.1, -0.05) is 13.0 Å². The van der Waals surface area contributed by atoms with Crippen molar-refractivity contribution in [2.45, 2.75) is 32.4 Å². The molecule has 2 atom stereocenters. The Morgan fingerprint density at radius 3 is 2.23 bits per heavy atom. The van der Waals surface area contributed by atoms with Gasteiger partial charge < -0.3 is 14.8 Å². The van der Waals surface area contributed by atoms with Crippen molar-refractivity contribution in [3.63, 3.8) is 0 Å². The summed E-state index contributed by atoms with van der Waals surface area (Å²) in [7, 11) is -0.966. The van der Waals surface area contributed by atoms with E-state index < -0.39 is 39.6 Å². The van der Waals surface area contributed by atoms with Crippen molar-refractivity contribution in [3.8, 4) is 11.5 Å². The van der Waals surface area contributed by atoms with E-state index in [-0.39, 0.29) is 5.69 Å². The highest BCUT2D eigenvalue weighted by atomic mass is 32.2. The first-order chi connectivity index (χ1) is 14.5. The summed E-state index contributed by atoms with van der Waals surface area (Å²) in [5.74, 6) is -1.91. The van der Waals surface area contributed by atoms with E-state index in [0.717, 1.165) is 34.3 Å². The second-order valence-corrected chi connectivity index (χ2v) is 8.78. The van der Waals surface area contributed by atoms with Gasteiger partial charge in [0.1, 0.15) is 6.04 Å². The van der Waals surface area contributed by atoms with Crippen LogP contribution in [0.15, 0.2) is 36.4 Å². The van der Waals surface area contributed by atoms with Crippen LogP contribution in [0.4, 0.5) is 14.5 Å². The van der Waals surface area contributed by atoms with Gasteiger partial charge in [0.15, 0.2) is 23.1 Å². The van der Waals surface area contributed by atoms with Crippen LogP contribution in [0.2, 0.25) is 0 Å². The zero-order chi connectivity index (χ0) is 23.3. The van der Waals surface area contributed by atoms with E-state index >= 15 is 0 Å². The number of sulfonamides is 1. The number of amides is 1.